The van der Waals surface area contributed by atoms with Gasteiger partial charge in [0.2, 0.25) is 0 Å². The first-order valence-corrected chi connectivity index (χ1v) is 8.25. The predicted molar refractivity (Wildman–Crippen MR) is 82.8 cm³/mol. The van der Waals surface area contributed by atoms with E-state index in [-0.39, 0.29) is 12.2 Å². The molecule has 19 heavy (non-hydrogen) atoms. The van der Waals surface area contributed by atoms with Crippen LogP contribution in [-0.4, -0.2) is 41.7 Å². The van der Waals surface area contributed by atoms with E-state index in [0.29, 0.717) is 17.8 Å². The van der Waals surface area contributed by atoms with Crippen molar-refractivity contribution in [3.8, 4) is 0 Å². The third-order valence-corrected chi connectivity index (χ3v) is 4.19. The molecule has 0 aromatic heterocycles. The second-order valence-electron chi connectivity index (χ2n) is 6.34. The van der Waals surface area contributed by atoms with Crippen LogP contribution in [0.15, 0.2) is 0 Å². The average Bonchev–Trinajstić information content (AvgIpc) is 2.32. The van der Waals surface area contributed by atoms with Crippen molar-refractivity contribution in [2.45, 2.75) is 59.0 Å². The molecule has 0 bridgehead atoms. The second kappa shape index (κ2) is 9.78. The average molecular weight is 290 g/mol. The molecule has 0 atom stereocenters. The molecular weight excluding hydrogens is 260 g/mol. The number of aliphatic hydroxyl groups is 1. The molecule has 114 valence electrons. The van der Waals surface area contributed by atoms with Crippen molar-refractivity contribution < 1.29 is 14.6 Å². The second-order valence-corrected chi connectivity index (χ2v) is 7.49. The van der Waals surface area contributed by atoms with E-state index in [1.807, 2.05) is 0 Å². The molecule has 0 spiro atoms. The summed E-state index contributed by atoms with van der Waals surface area (Å²) in [5.74, 6) is 1.66. The van der Waals surface area contributed by atoms with Gasteiger partial charge in [-0.1, -0.05) is 20.3 Å². The van der Waals surface area contributed by atoms with E-state index < -0.39 is 0 Å². The van der Waals surface area contributed by atoms with E-state index in [2.05, 4.69) is 27.7 Å². The fraction of sp³-hybridized carbons (Fsp3) is 0.933. The van der Waals surface area contributed by atoms with Crippen molar-refractivity contribution in [3.63, 3.8) is 0 Å². The molecule has 0 aliphatic carbocycles. The Balaban J connectivity index is 3.80. The van der Waals surface area contributed by atoms with Crippen LogP contribution in [0.5, 0.6) is 0 Å². The van der Waals surface area contributed by atoms with Gasteiger partial charge in [-0.2, -0.15) is 11.8 Å². The Kier molecular flexibility index (Phi) is 9.75. The van der Waals surface area contributed by atoms with Crippen LogP contribution in [-0.2, 0) is 9.53 Å². The van der Waals surface area contributed by atoms with Gasteiger partial charge in [-0.05, 0) is 44.3 Å². The summed E-state index contributed by atoms with van der Waals surface area (Å²) < 4.78 is 5.61. The van der Waals surface area contributed by atoms with E-state index in [0.717, 1.165) is 31.3 Å². The highest BCUT2D eigenvalue weighted by molar-refractivity contribution is 7.99. The summed E-state index contributed by atoms with van der Waals surface area (Å²) in [7, 11) is 0. The first-order valence-electron chi connectivity index (χ1n) is 7.09. The Morgan fingerprint density at radius 1 is 1.16 bits per heavy atom. The summed E-state index contributed by atoms with van der Waals surface area (Å²) in [5.41, 5.74) is 0.175. The van der Waals surface area contributed by atoms with Gasteiger partial charge < -0.3 is 14.6 Å². The minimum Gasteiger partial charge on any atom is -0.394 e. The minimum atomic E-state index is -0.148. The number of aldehydes is 1. The topological polar surface area (TPSA) is 46.5 Å². The van der Waals surface area contributed by atoms with Crippen molar-refractivity contribution in [2.75, 3.05) is 24.7 Å². The molecule has 0 amide bonds. The van der Waals surface area contributed by atoms with Crippen LogP contribution in [0.4, 0.5) is 0 Å². The number of rotatable bonds is 12. The predicted octanol–water partition coefficient (Wildman–Crippen LogP) is 3.29. The lowest BCUT2D eigenvalue weighted by Gasteiger charge is -2.29. The van der Waals surface area contributed by atoms with Crippen molar-refractivity contribution in [1.82, 2.24) is 0 Å². The van der Waals surface area contributed by atoms with Crippen LogP contribution in [0.3, 0.4) is 0 Å². The molecule has 0 heterocycles. The highest BCUT2D eigenvalue weighted by Gasteiger charge is 2.22. The van der Waals surface area contributed by atoms with Gasteiger partial charge in [0, 0.05) is 5.75 Å². The number of hydrogen-bond donors (Lipinski definition) is 1. The monoisotopic (exact) mass is 290 g/mol. The van der Waals surface area contributed by atoms with Crippen LogP contribution in [0.1, 0.15) is 53.4 Å². The van der Waals surface area contributed by atoms with E-state index >= 15 is 0 Å². The molecule has 0 aliphatic heterocycles. The van der Waals surface area contributed by atoms with Crippen LogP contribution in [0, 0.1) is 5.41 Å². The van der Waals surface area contributed by atoms with E-state index in [1.165, 1.54) is 6.42 Å². The Morgan fingerprint density at radius 2 is 1.84 bits per heavy atom. The molecule has 0 aromatic carbocycles. The van der Waals surface area contributed by atoms with Gasteiger partial charge >= 0.3 is 0 Å². The van der Waals surface area contributed by atoms with E-state index in [4.69, 9.17) is 9.84 Å². The van der Waals surface area contributed by atoms with Gasteiger partial charge in [0.15, 0.2) is 0 Å². The molecule has 0 rings (SSSR count). The lowest BCUT2D eigenvalue weighted by molar-refractivity contribution is -0.105. The first kappa shape index (κ1) is 18.9. The van der Waals surface area contributed by atoms with Crippen LogP contribution < -0.4 is 0 Å². The number of thioether (sulfide) groups is 1. The van der Waals surface area contributed by atoms with Gasteiger partial charge in [0.25, 0.3) is 0 Å². The SMILES string of the molecule is CC(C)(CCCC(C)(C)OCCO)CCSCC=O. The lowest BCUT2D eigenvalue weighted by Crippen LogP contribution is -2.26. The van der Waals surface area contributed by atoms with Crippen LogP contribution in [0.25, 0.3) is 0 Å². The van der Waals surface area contributed by atoms with Gasteiger partial charge in [-0.3, -0.25) is 0 Å². The fourth-order valence-electron chi connectivity index (χ4n) is 1.99. The van der Waals surface area contributed by atoms with Crippen molar-refractivity contribution in [1.29, 1.82) is 0 Å². The molecule has 1 N–H and O–H groups in total. The molecule has 0 saturated heterocycles. The molecule has 3 nitrogen and oxygen atoms in total. The van der Waals surface area contributed by atoms with Gasteiger partial charge in [0.05, 0.1) is 18.8 Å². The Morgan fingerprint density at radius 3 is 2.42 bits per heavy atom. The Bertz CT molecular complexity index is 240. The molecule has 0 saturated carbocycles. The number of carbonyl (C=O) groups is 1. The number of aliphatic hydroxyl groups excluding tert-OH is 1. The fourth-order valence-corrected chi connectivity index (χ4v) is 2.95. The number of hydrogen-bond acceptors (Lipinski definition) is 4. The molecule has 0 fully saturated rings. The van der Waals surface area contributed by atoms with Gasteiger partial charge in [0.1, 0.15) is 6.29 Å². The summed E-state index contributed by atoms with van der Waals surface area (Å²) in [5, 5.41) is 8.77. The zero-order valence-electron chi connectivity index (χ0n) is 12.9. The van der Waals surface area contributed by atoms with Crippen molar-refractivity contribution >= 4 is 18.0 Å². The standard InChI is InChI=1S/C15H30O3S/c1-14(2,8-12-19-13-10-17)6-5-7-15(3,4)18-11-9-16/h10,16H,5-9,11-13H2,1-4H3. The highest BCUT2D eigenvalue weighted by Crippen LogP contribution is 2.31. The van der Waals surface area contributed by atoms with Gasteiger partial charge in [-0.15, -0.1) is 0 Å². The summed E-state index contributed by atoms with van der Waals surface area (Å²) in [4.78, 5) is 10.2. The Labute approximate surface area is 122 Å². The van der Waals surface area contributed by atoms with E-state index in [1.54, 1.807) is 11.8 Å². The zero-order chi connectivity index (χ0) is 14.8. The summed E-state index contributed by atoms with van der Waals surface area (Å²) >= 11 is 1.71. The zero-order valence-corrected chi connectivity index (χ0v) is 13.7. The molecule has 4 heteroatoms. The minimum absolute atomic E-state index is 0.0862. The van der Waals surface area contributed by atoms with Crippen molar-refractivity contribution in [3.05, 3.63) is 0 Å². The van der Waals surface area contributed by atoms with Crippen molar-refractivity contribution in [2.24, 2.45) is 5.41 Å². The van der Waals surface area contributed by atoms with E-state index in [9.17, 15) is 4.79 Å². The quantitative estimate of drug-likeness (QED) is 0.442. The molecule has 0 aromatic rings. The van der Waals surface area contributed by atoms with Crippen LogP contribution in [0.2, 0.25) is 0 Å². The molecule has 0 aliphatic rings. The maximum absolute atomic E-state index is 10.2. The largest absolute Gasteiger partial charge is 0.394 e. The third-order valence-electron chi connectivity index (χ3n) is 3.33. The number of ether oxygens (including phenoxy) is 1. The Hall–Kier alpha value is -0.0600. The van der Waals surface area contributed by atoms with Crippen LogP contribution >= 0.6 is 11.8 Å². The highest BCUT2D eigenvalue weighted by atomic mass is 32.2. The third kappa shape index (κ3) is 11.5. The molecular formula is C15H30O3S. The number of carbonyl (C=O) groups excluding carboxylic acids is 1. The smallest absolute Gasteiger partial charge is 0.129 e. The van der Waals surface area contributed by atoms with Gasteiger partial charge in [-0.25, -0.2) is 0 Å². The summed E-state index contributed by atoms with van der Waals surface area (Å²) in [6, 6.07) is 0. The summed E-state index contributed by atoms with van der Waals surface area (Å²) in [6.07, 6.45) is 5.42. The molecule has 0 unspecified atom stereocenters. The molecule has 0 radical (unpaired) electrons. The maximum atomic E-state index is 10.2. The summed E-state index contributed by atoms with van der Waals surface area (Å²) in [6.45, 7) is 9.24. The maximum Gasteiger partial charge on any atom is 0.129 e. The first-order chi connectivity index (χ1) is 8.83. The normalized spacial score (nSPS) is 12.7. The lowest BCUT2D eigenvalue weighted by atomic mass is 9.83.